The first kappa shape index (κ1) is 23.9. The Morgan fingerprint density at radius 1 is 1.38 bits per heavy atom. The highest BCUT2D eigenvalue weighted by atomic mass is 127. The number of nitrogens with zero attached hydrogens (tertiary/aromatic N) is 4. The van der Waals surface area contributed by atoms with Gasteiger partial charge in [0.25, 0.3) is 0 Å². The average Bonchev–Trinajstić information content (AvgIpc) is 3.38. The van der Waals surface area contributed by atoms with Crippen LogP contribution in [0, 0.1) is 0 Å². The molecule has 1 fully saturated rings. The zero-order valence-corrected chi connectivity index (χ0v) is 20.1. The Kier molecular flexibility index (Phi) is 10.2. The van der Waals surface area contributed by atoms with Crippen LogP contribution in [-0.4, -0.2) is 46.5 Å². The molecule has 0 saturated carbocycles. The van der Waals surface area contributed by atoms with Crippen LogP contribution in [0.3, 0.4) is 0 Å². The molecule has 2 N–H and O–H groups in total. The molecule has 7 nitrogen and oxygen atoms in total. The molecular weight excluding hydrogens is 503 g/mol. The zero-order chi connectivity index (χ0) is 19.8. The van der Waals surface area contributed by atoms with Gasteiger partial charge in [-0.3, -0.25) is 4.99 Å². The third-order valence-electron chi connectivity index (χ3n) is 4.86. The van der Waals surface area contributed by atoms with Crippen molar-refractivity contribution >= 4 is 41.5 Å². The Bertz CT molecular complexity index is 761. The van der Waals surface area contributed by atoms with Crippen molar-refractivity contribution in [1.82, 2.24) is 25.4 Å². The summed E-state index contributed by atoms with van der Waals surface area (Å²) >= 11 is 6.00. The molecule has 2 unspecified atom stereocenters. The van der Waals surface area contributed by atoms with Gasteiger partial charge >= 0.3 is 0 Å². The fourth-order valence-electron chi connectivity index (χ4n) is 3.21. The summed E-state index contributed by atoms with van der Waals surface area (Å²) in [7, 11) is 0. The molecule has 0 aliphatic carbocycles. The SMILES string of the molecule is CCc1nncn1CCNC(=NCC1CCCO1)NC(C)c1ccc(Cl)cc1.I. The van der Waals surface area contributed by atoms with E-state index in [9.17, 15) is 0 Å². The fraction of sp³-hybridized carbons (Fsp3) is 0.550. The lowest BCUT2D eigenvalue weighted by Crippen LogP contribution is -2.40. The van der Waals surface area contributed by atoms with Crippen molar-refractivity contribution in [1.29, 1.82) is 0 Å². The second-order valence-electron chi connectivity index (χ2n) is 6.96. The lowest BCUT2D eigenvalue weighted by molar-refractivity contribution is 0.117. The smallest absolute Gasteiger partial charge is 0.191 e. The van der Waals surface area contributed by atoms with Gasteiger partial charge in [-0.15, -0.1) is 34.2 Å². The van der Waals surface area contributed by atoms with Crippen molar-refractivity contribution in [2.75, 3.05) is 19.7 Å². The molecular formula is C20H30ClIN6O. The number of hydrogen-bond acceptors (Lipinski definition) is 4. The molecule has 1 aromatic heterocycles. The van der Waals surface area contributed by atoms with E-state index >= 15 is 0 Å². The monoisotopic (exact) mass is 532 g/mol. The van der Waals surface area contributed by atoms with Crippen LogP contribution in [0.2, 0.25) is 5.02 Å². The predicted molar refractivity (Wildman–Crippen MR) is 127 cm³/mol. The second-order valence-corrected chi connectivity index (χ2v) is 7.40. The van der Waals surface area contributed by atoms with E-state index in [1.807, 2.05) is 24.3 Å². The van der Waals surface area contributed by atoms with Gasteiger partial charge < -0.3 is 19.9 Å². The highest BCUT2D eigenvalue weighted by Crippen LogP contribution is 2.16. The summed E-state index contributed by atoms with van der Waals surface area (Å²) in [4.78, 5) is 4.75. The summed E-state index contributed by atoms with van der Waals surface area (Å²) in [5, 5.41) is 15.8. The summed E-state index contributed by atoms with van der Waals surface area (Å²) in [5.41, 5.74) is 1.16. The number of hydrogen-bond donors (Lipinski definition) is 2. The first-order valence-corrected chi connectivity index (χ1v) is 10.3. The molecule has 2 atom stereocenters. The summed E-state index contributed by atoms with van der Waals surface area (Å²) in [6, 6.07) is 7.98. The molecule has 0 bridgehead atoms. The van der Waals surface area contributed by atoms with E-state index < -0.39 is 0 Å². The van der Waals surface area contributed by atoms with Gasteiger partial charge in [0, 0.05) is 31.1 Å². The third kappa shape index (κ3) is 7.42. The Morgan fingerprint density at radius 2 is 2.17 bits per heavy atom. The van der Waals surface area contributed by atoms with Crippen LogP contribution in [0.15, 0.2) is 35.6 Å². The van der Waals surface area contributed by atoms with Crippen molar-refractivity contribution in [3.63, 3.8) is 0 Å². The molecule has 2 aromatic rings. The van der Waals surface area contributed by atoms with Crippen LogP contribution < -0.4 is 10.6 Å². The van der Waals surface area contributed by atoms with Crippen molar-refractivity contribution in [3.05, 3.63) is 47.0 Å². The molecule has 3 rings (SSSR count). The minimum atomic E-state index is 0. The van der Waals surface area contributed by atoms with Crippen LogP contribution in [0.4, 0.5) is 0 Å². The van der Waals surface area contributed by atoms with Gasteiger partial charge in [-0.1, -0.05) is 30.7 Å². The van der Waals surface area contributed by atoms with Crippen molar-refractivity contribution < 1.29 is 4.74 Å². The summed E-state index contributed by atoms with van der Waals surface area (Å²) in [6.45, 7) is 7.21. The maximum absolute atomic E-state index is 6.00. The maximum atomic E-state index is 6.00. The van der Waals surface area contributed by atoms with E-state index in [0.717, 1.165) is 61.3 Å². The topological polar surface area (TPSA) is 76.4 Å². The van der Waals surface area contributed by atoms with Crippen molar-refractivity contribution in [2.24, 2.45) is 4.99 Å². The average molecular weight is 533 g/mol. The number of guanidine groups is 1. The number of halogens is 2. The van der Waals surface area contributed by atoms with E-state index in [1.54, 1.807) is 6.33 Å². The van der Waals surface area contributed by atoms with Gasteiger partial charge in [-0.25, -0.2) is 0 Å². The van der Waals surface area contributed by atoms with Crippen LogP contribution in [-0.2, 0) is 17.7 Å². The standard InChI is InChI=1S/C20H29ClN6O.HI/c1-3-19-26-24-14-27(19)11-10-22-20(23-13-18-5-4-12-28-18)25-15(2)16-6-8-17(21)9-7-16;/h6-9,14-15,18H,3-5,10-13H2,1-2H3,(H2,22,23,25);1H. The maximum Gasteiger partial charge on any atom is 0.191 e. The van der Waals surface area contributed by atoms with E-state index in [-0.39, 0.29) is 36.1 Å². The summed E-state index contributed by atoms with van der Waals surface area (Å²) in [5.74, 6) is 1.77. The highest BCUT2D eigenvalue weighted by Gasteiger charge is 2.16. The van der Waals surface area contributed by atoms with Gasteiger partial charge in [0.05, 0.1) is 18.7 Å². The van der Waals surface area contributed by atoms with Crippen LogP contribution >= 0.6 is 35.6 Å². The number of benzene rings is 1. The molecule has 160 valence electrons. The lowest BCUT2D eigenvalue weighted by Gasteiger charge is -2.20. The molecule has 0 radical (unpaired) electrons. The molecule has 2 heterocycles. The number of aromatic nitrogens is 3. The number of ether oxygens (including phenoxy) is 1. The number of nitrogens with one attached hydrogen (secondary N) is 2. The molecule has 1 aliphatic rings. The van der Waals surface area contributed by atoms with Gasteiger partial charge in [0.2, 0.25) is 0 Å². The van der Waals surface area contributed by atoms with E-state index in [0.29, 0.717) is 6.54 Å². The van der Waals surface area contributed by atoms with Gasteiger partial charge in [-0.05, 0) is 37.5 Å². The third-order valence-corrected chi connectivity index (χ3v) is 5.11. The first-order chi connectivity index (χ1) is 13.7. The van der Waals surface area contributed by atoms with Gasteiger partial charge in [-0.2, -0.15) is 0 Å². The quantitative estimate of drug-likeness (QED) is 0.309. The Labute approximate surface area is 194 Å². The zero-order valence-electron chi connectivity index (χ0n) is 17.0. The largest absolute Gasteiger partial charge is 0.376 e. The lowest BCUT2D eigenvalue weighted by atomic mass is 10.1. The first-order valence-electron chi connectivity index (χ1n) is 9.94. The molecule has 29 heavy (non-hydrogen) atoms. The molecule has 9 heteroatoms. The Hall–Kier alpha value is -1.39. The Balaban J connectivity index is 0.00000300. The second kappa shape index (κ2) is 12.3. The number of aryl methyl sites for hydroxylation is 1. The van der Waals surface area contributed by atoms with Gasteiger partial charge in [0.1, 0.15) is 12.2 Å². The molecule has 1 saturated heterocycles. The minimum Gasteiger partial charge on any atom is -0.376 e. The van der Waals surface area contributed by atoms with E-state index in [2.05, 4.69) is 39.2 Å². The van der Waals surface area contributed by atoms with Crippen molar-refractivity contribution in [3.8, 4) is 0 Å². The number of aliphatic imine (C=N–C) groups is 1. The Morgan fingerprint density at radius 3 is 2.86 bits per heavy atom. The minimum absolute atomic E-state index is 0. The predicted octanol–water partition coefficient (Wildman–Crippen LogP) is 3.59. The molecule has 0 spiro atoms. The van der Waals surface area contributed by atoms with Gasteiger partial charge in [0.15, 0.2) is 5.96 Å². The molecule has 0 amide bonds. The van der Waals surface area contributed by atoms with E-state index in [4.69, 9.17) is 21.3 Å². The highest BCUT2D eigenvalue weighted by molar-refractivity contribution is 14.0. The van der Waals surface area contributed by atoms with Crippen molar-refractivity contribution in [2.45, 2.75) is 51.8 Å². The fourth-order valence-corrected chi connectivity index (χ4v) is 3.33. The van der Waals surface area contributed by atoms with E-state index in [1.165, 1.54) is 0 Å². The van der Waals surface area contributed by atoms with Crippen LogP contribution in [0.5, 0.6) is 0 Å². The normalized spacial score (nSPS) is 17.6. The summed E-state index contributed by atoms with van der Waals surface area (Å²) < 4.78 is 7.76. The van der Waals surface area contributed by atoms with Crippen LogP contribution in [0.1, 0.15) is 44.1 Å². The van der Waals surface area contributed by atoms with Crippen LogP contribution in [0.25, 0.3) is 0 Å². The molecule has 1 aliphatic heterocycles. The molecule has 1 aromatic carbocycles. The summed E-state index contributed by atoms with van der Waals surface area (Å²) in [6.07, 6.45) is 5.04. The number of rotatable bonds is 8.